The molecule has 4 aromatic carbocycles. The Hall–Kier alpha value is -3.26. The van der Waals surface area contributed by atoms with Crippen molar-refractivity contribution in [2.24, 2.45) is 0 Å². The minimum atomic E-state index is 0.0807. The van der Waals surface area contributed by atoms with Crippen LogP contribution in [0.15, 0.2) is 97.1 Å². The second kappa shape index (κ2) is 8.63. The third-order valence-corrected chi connectivity index (χ3v) is 5.96. The zero-order valence-electron chi connectivity index (χ0n) is 18.3. The molecule has 0 fully saturated rings. The summed E-state index contributed by atoms with van der Waals surface area (Å²) in [7, 11) is 0. The zero-order chi connectivity index (χ0) is 21.1. The Kier molecular flexibility index (Phi) is 5.76. The van der Waals surface area contributed by atoms with Gasteiger partial charge in [-0.3, -0.25) is 0 Å². The first-order valence-corrected chi connectivity index (χ1v) is 10.6. The van der Waals surface area contributed by atoms with E-state index in [9.17, 15) is 0 Å². The van der Waals surface area contributed by atoms with E-state index in [1.165, 1.54) is 44.6 Å². The molecule has 148 valence electrons. The molecule has 0 radical (unpaired) electrons. The lowest BCUT2D eigenvalue weighted by Crippen LogP contribution is -2.58. The van der Waals surface area contributed by atoms with Gasteiger partial charge in [-0.15, -0.1) is 0 Å². The maximum atomic E-state index is 2.49. The molecule has 0 saturated heterocycles. The summed E-state index contributed by atoms with van der Waals surface area (Å²) in [6.07, 6.45) is 0. The molecule has 4 aromatic rings. The molecule has 0 amide bonds. The largest absolute Gasteiger partial charge is 0.377 e. The lowest BCUT2D eigenvalue weighted by atomic mass is 9.45. The molecule has 0 aliphatic rings. The average Bonchev–Trinajstić information content (AvgIpc) is 2.75. The number of rotatable bonds is 5. The van der Waals surface area contributed by atoms with Crippen molar-refractivity contribution < 1.29 is 0 Å². The first kappa shape index (κ1) is 20.0. The third-order valence-electron chi connectivity index (χ3n) is 5.96. The molecule has 0 bridgehead atoms. The number of anilines is 2. The van der Waals surface area contributed by atoms with E-state index in [1.807, 2.05) is 0 Å². The summed E-state index contributed by atoms with van der Waals surface area (Å²) in [5.41, 5.74) is 10.4. The molecule has 0 aliphatic carbocycles. The molecule has 30 heavy (non-hydrogen) atoms. The molecule has 0 spiro atoms. The van der Waals surface area contributed by atoms with Crippen LogP contribution >= 0.6 is 0 Å². The van der Waals surface area contributed by atoms with Gasteiger partial charge < -0.3 is 4.81 Å². The predicted molar refractivity (Wildman–Crippen MR) is 132 cm³/mol. The van der Waals surface area contributed by atoms with Crippen LogP contribution in [0, 0.1) is 27.7 Å². The van der Waals surface area contributed by atoms with Gasteiger partial charge in [0.1, 0.15) is 0 Å². The molecule has 0 aliphatic heterocycles. The smallest absolute Gasteiger partial charge is 0.329 e. The van der Waals surface area contributed by atoms with Crippen LogP contribution in [0.3, 0.4) is 0 Å². The first-order valence-electron chi connectivity index (χ1n) is 10.6. The molecule has 2 heteroatoms. The van der Waals surface area contributed by atoms with Crippen LogP contribution in [-0.4, -0.2) is 6.85 Å². The molecule has 0 aromatic heterocycles. The molecule has 0 saturated carbocycles. The minimum Gasteiger partial charge on any atom is -0.377 e. The quantitative estimate of drug-likeness (QED) is 0.386. The second-order valence-corrected chi connectivity index (χ2v) is 8.05. The Morgan fingerprint density at radius 3 is 1.10 bits per heavy atom. The van der Waals surface area contributed by atoms with Gasteiger partial charge in [-0.1, -0.05) is 95.1 Å². The van der Waals surface area contributed by atoms with Gasteiger partial charge in [0.25, 0.3) is 0 Å². The topological polar surface area (TPSA) is 3.24 Å². The Bertz CT molecular complexity index is 1000. The summed E-state index contributed by atoms with van der Waals surface area (Å²) in [5, 5.41) is 0. The van der Waals surface area contributed by atoms with Crippen molar-refractivity contribution in [2.45, 2.75) is 27.7 Å². The highest BCUT2D eigenvalue weighted by Gasteiger charge is 2.34. The Morgan fingerprint density at radius 1 is 0.433 bits per heavy atom. The maximum absolute atomic E-state index is 2.49. The van der Waals surface area contributed by atoms with Crippen molar-refractivity contribution in [3.05, 3.63) is 119 Å². The molecule has 4 rings (SSSR count). The van der Waals surface area contributed by atoms with Crippen molar-refractivity contribution >= 4 is 29.1 Å². The molecular weight excluding hydrogens is 361 g/mol. The summed E-state index contributed by atoms with van der Waals surface area (Å²) in [5.74, 6) is 0. The monoisotopic (exact) mass is 389 g/mol. The Balaban J connectivity index is 2.07. The van der Waals surface area contributed by atoms with E-state index in [4.69, 9.17) is 0 Å². The fourth-order valence-corrected chi connectivity index (χ4v) is 4.54. The SMILES string of the molecule is Cc1cccc(C)c1B(c1c(C)cccc1C)N(c1ccccc1)c1ccccc1. The third kappa shape index (κ3) is 3.78. The number of para-hydroxylation sites is 2. The predicted octanol–water partition coefficient (Wildman–Crippen LogP) is 5.86. The van der Waals surface area contributed by atoms with Gasteiger partial charge >= 0.3 is 6.85 Å². The van der Waals surface area contributed by atoms with Crippen molar-refractivity contribution in [1.29, 1.82) is 0 Å². The van der Waals surface area contributed by atoms with Gasteiger partial charge in [-0.25, -0.2) is 0 Å². The summed E-state index contributed by atoms with van der Waals surface area (Å²) in [6, 6.07) is 34.7. The second-order valence-electron chi connectivity index (χ2n) is 8.05. The van der Waals surface area contributed by atoms with Gasteiger partial charge in [0.15, 0.2) is 0 Å². The number of hydrogen-bond acceptors (Lipinski definition) is 1. The van der Waals surface area contributed by atoms with Crippen LogP contribution in [0.25, 0.3) is 0 Å². The van der Waals surface area contributed by atoms with Crippen LogP contribution in [0.5, 0.6) is 0 Å². The molecule has 0 atom stereocenters. The highest BCUT2D eigenvalue weighted by Crippen LogP contribution is 2.28. The van der Waals surface area contributed by atoms with E-state index in [2.05, 4.69) is 130 Å². The molecule has 0 heterocycles. The van der Waals surface area contributed by atoms with E-state index in [0.717, 1.165) is 0 Å². The van der Waals surface area contributed by atoms with Crippen LogP contribution in [0.2, 0.25) is 0 Å². The maximum Gasteiger partial charge on any atom is 0.329 e. The first-order chi connectivity index (χ1) is 14.6. The Morgan fingerprint density at radius 2 is 0.767 bits per heavy atom. The average molecular weight is 389 g/mol. The fourth-order valence-electron chi connectivity index (χ4n) is 4.54. The van der Waals surface area contributed by atoms with Crippen molar-refractivity contribution in [1.82, 2.24) is 0 Å². The lowest BCUT2D eigenvalue weighted by Gasteiger charge is -2.35. The number of hydrogen-bond donors (Lipinski definition) is 0. The van der Waals surface area contributed by atoms with E-state index in [-0.39, 0.29) is 6.85 Å². The summed E-state index contributed by atoms with van der Waals surface area (Å²) < 4.78 is 0. The summed E-state index contributed by atoms with van der Waals surface area (Å²) >= 11 is 0. The van der Waals surface area contributed by atoms with Gasteiger partial charge in [0, 0.05) is 11.4 Å². The summed E-state index contributed by atoms with van der Waals surface area (Å²) in [6.45, 7) is 9.01. The van der Waals surface area contributed by atoms with Crippen LogP contribution in [0.1, 0.15) is 22.3 Å². The highest BCUT2D eigenvalue weighted by molar-refractivity contribution is 6.90. The van der Waals surface area contributed by atoms with Crippen molar-refractivity contribution in [3.63, 3.8) is 0 Å². The molecule has 1 nitrogen and oxygen atoms in total. The number of nitrogens with zero attached hydrogens (tertiary/aromatic N) is 1. The van der Waals surface area contributed by atoms with Crippen LogP contribution < -0.4 is 15.7 Å². The standard InChI is InChI=1S/C28H28BN/c1-21-13-11-14-22(2)27(21)29(28-23(3)15-12-16-24(28)4)30(25-17-7-5-8-18-25)26-19-9-6-10-20-26/h5-20H,1-4H3. The Labute approximate surface area is 181 Å². The summed E-state index contributed by atoms with van der Waals surface area (Å²) in [4.78, 5) is 2.49. The van der Waals surface area contributed by atoms with E-state index >= 15 is 0 Å². The minimum absolute atomic E-state index is 0.0807. The molecule has 0 unspecified atom stereocenters. The zero-order valence-corrected chi connectivity index (χ0v) is 18.3. The van der Waals surface area contributed by atoms with Crippen molar-refractivity contribution in [3.8, 4) is 0 Å². The van der Waals surface area contributed by atoms with Gasteiger partial charge in [0.2, 0.25) is 0 Å². The number of aryl methyl sites for hydroxylation is 4. The lowest BCUT2D eigenvalue weighted by molar-refractivity contribution is 1.34. The van der Waals surface area contributed by atoms with Crippen LogP contribution in [0.4, 0.5) is 11.4 Å². The normalized spacial score (nSPS) is 10.7. The van der Waals surface area contributed by atoms with Crippen molar-refractivity contribution in [2.75, 3.05) is 4.81 Å². The highest BCUT2D eigenvalue weighted by atomic mass is 15.1. The fraction of sp³-hybridized carbons (Fsp3) is 0.143. The van der Waals surface area contributed by atoms with Gasteiger partial charge in [-0.05, 0) is 62.9 Å². The van der Waals surface area contributed by atoms with E-state index < -0.39 is 0 Å². The molecule has 0 N–H and O–H groups in total. The van der Waals surface area contributed by atoms with E-state index in [0.29, 0.717) is 0 Å². The van der Waals surface area contributed by atoms with Gasteiger partial charge in [0.05, 0.1) is 0 Å². The number of benzene rings is 4. The molecular formula is C28H28BN. The van der Waals surface area contributed by atoms with E-state index in [1.54, 1.807) is 0 Å². The van der Waals surface area contributed by atoms with Gasteiger partial charge in [-0.2, -0.15) is 0 Å². The van der Waals surface area contributed by atoms with Crippen LogP contribution in [-0.2, 0) is 0 Å².